The van der Waals surface area contributed by atoms with Crippen molar-refractivity contribution in [2.24, 2.45) is 0 Å². The first kappa shape index (κ1) is 21.8. The van der Waals surface area contributed by atoms with Crippen LogP contribution in [0.3, 0.4) is 0 Å². The van der Waals surface area contributed by atoms with E-state index in [0.717, 1.165) is 21.5 Å². The van der Waals surface area contributed by atoms with Gasteiger partial charge in [0.2, 0.25) is 5.69 Å². The molecule has 0 aliphatic carbocycles. The third kappa shape index (κ3) is 2.74. The maximum absolute atomic E-state index is 17.1. The van der Waals surface area contributed by atoms with E-state index >= 15 is 8.78 Å². The van der Waals surface area contributed by atoms with Crippen LogP contribution >= 0.6 is 0 Å². The van der Waals surface area contributed by atoms with Crippen LogP contribution in [0, 0.1) is 29.5 Å². The molecule has 38 heavy (non-hydrogen) atoms. The lowest BCUT2D eigenvalue weighted by atomic mass is 10.1. The van der Waals surface area contributed by atoms with Crippen molar-refractivity contribution in [1.82, 2.24) is 9.13 Å². The number of halogens is 2. The molecule has 7 rings (SSSR count). The lowest BCUT2D eigenvalue weighted by molar-refractivity contribution is 0.591. The Labute approximate surface area is 215 Å². The van der Waals surface area contributed by atoms with Crippen LogP contribution in [0.2, 0.25) is 0 Å². The van der Waals surface area contributed by atoms with Gasteiger partial charge in [-0.2, -0.15) is 5.26 Å². The van der Waals surface area contributed by atoms with Gasteiger partial charge in [0, 0.05) is 21.5 Å². The summed E-state index contributed by atoms with van der Waals surface area (Å²) in [5, 5.41) is 13.5. The van der Waals surface area contributed by atoms with Crippen LogP contribution in [0.1, 0.15) is 5.56 Å². The molecule has 5 aromatic carbocycles. The van der Waals surface area contributed by atoms with Crippen molar-refractivity contribution in [3.63, 3.8) is 0 Å². The van der Waals surface area contributed by atoms with E-state index < -0.39 is 22.9 Å². The second-order valence-corrected chi connectivity index (χ2v) is 9.01. The first-order chi connectivity index (χ1) is 18.7. The zero-order valence-electron chi connectivity index (χ0n) is 19.8. The Balaban J connectivity index is 1.73. The quantitative estimate of drug-likeness (QED) is 0.222. The van der Waals surface area contributed by atoms with Gasteiger partial charge in [-0.05, 0) is 24.3 Å². The molecule has 0 aliphatic heterocycles. The van der Waals surface area contributed by atoms with Crippen molar-refractivity contribution in [3.8, 4) is 17.4 Å². The van der Waals surface area contributed by atoms with Gasteiger partial charge < -0.3 is 9.13 Å². The fourth-order valence-corrected chi connectivity index (χ4v) is 5.60. The highest BCUT2D eigenvalue weighted by Gasteiger charge is 2.30. The van der Waals surface area contributed by atoms with E-state index in [1.54, 1.807) is 9.13 Å². The van der Waals surface area contributed by atoms with Crippen LogP contribution in [0.15, 0.2) is 97.1 Å². The third-order valence-corrected chi connectivity index (χ3v) is 7.14. The summed E-state index contributed by atoms with van der Waals surface area (Å²) in [5.41, 5.74) is 1.06. The number of hydrogen-bond acceptors (Lipinski definition) is 1. The van der Waals surface area contributed by atoms with Crippen molar-refractivity contribution < 1.29 is 8.78 Å². The summed E-state index contributed by atoms with van der Waals surface area (Å²) in [5.74, 6) is -1.88. The fraction of sp³-hybridized carbons (Fsp3) is 0. The maximum atomic E-state index is 17.1. The minimum absolute atomic E-state index is 0.216. The van der Waals surface area contributed by atoms with Gasteiger partial charge in [0.25, 0.3) is 0 Å². The molecule has 7 aromatic rings. The number of aromatic nitrogens is 2. The molecule has 6 heteroatoms. The van der Waals surface area contributed by atoms with E-state index in [2.05, 4.69) is 4.85 Å². The van der Waals surface area contributed by atoms with Crippen molar-refractivity contribution in [1.29, 1.82) is 5.26 Å². The van der Waals surface area contributed by atoms with E-state index in [-0.39, 0.29) is 11.4 Å². The van der Waals surface area contributed by atoms with Crippen LogP contribution in [0.4, 0.5) is 14.5 Å². The molecule has 0 atom stereocenters. The molecule has 0 bridgehead atoms. The summed E-state index contributed by atoms with van der Waals surface area (Å²) < 4.78 is 36.4. The number of nitrogens with zero attached hydrogens (tertiary/aromatic N) is 4. The topological polar surface area (TPSA) is 38.0 Å². The normalized spacial score (nSPS) is 11.4. The number of rotatable bonds is 2. The SMILES string of the molecule is [C-]#[N+]c1c(F)c(C#N)c(-n2c3ccccc3c3ccccc32)c(F)c1-n1c2ccccc2c2ccccc21. The molecular weight excluding hydrogens is 478 g/mol. The molecule has 0 fully saturated rings. The van der Waals surface area contributed by atoms with Gasteiger partial charge in [-0.3, -0.25) is 0 Å². The largest absolute Gasteiger partial charge is 0.316 e. The fourth-order valence-electron chi connectivity index (χ4n) is 5.60. The van der Waals surface area contributed by atoms with Crippen molar-refractivity contribution in [2.45, 2.75) is 0 Å². The Morgan fingerprint density at radius 2 is 0.947 bits per heavy atom. The molecule has 0 saturated heterocycles. The van der Waals surface area contributed by atoms with Crippen molar-refractivity contribution in [3.05, 3.63) is 126 Å². The van der Waals surface area contributed by atoms with Crippen LogP contribution in [0.5, 0.6) is 0 Å². The van der Waals surface area contributed by atoms with Gasteiger partial charge in [-0.1, -0.05) is 72.8 Å². The first-order valence-corrected chi connectivity index (χ1v) is 11.9. The lowest BCUT2D eigenvalue weighted by Gasteiger charge is -2.18. The lowest BCUT2D eigenvalue weighted by Crippen LogP contribution is -2.09. The number of hydrogen-bond donors (Lipinski definition) is 0. The van der Waals surface area contributed by atoms with Gasteiger partial charge in [0.15, 0.2) is 11.6 Å². The summed E-state index contributed by atoms with van der Waals surface area (Å²) in [6.07, 6.45) is 0. The van der Waals surface area contributed by atoms with Gasteiger partial charge in [-0.15, -0.1) is 0 Å². The molecule has 0 radical (unpaired) electrons. The number of fused-ring (bicyclic) bond motifs is 6. The van der Waals surface area contributed by atoms with Gasteiger partial charge in [-0.25, -0.2) is 13.6 Å². The van der Waals surface area contributed by atoms with Crippen LogP contribution in [0.25, 0.3) is 59.8 Å². The molecule has 0 spiro atoms. The Morgan fingerprint density at radius 3 is 1.32 bits per heavy atom. The Hall–Kier alpha value is -5.46. The highest BCUT2D eigenvalue weighted by atomic mass is 19.1. The van der Waals surface area contributed by atoms with Crippen molar-refractivity contribution in [2.75, 3.05) is 0 Å². The Bertz CT molecular complexity index is 1930. The summed E-state index contributed by atoms with van der Waals surface area (Å²) >= 11 is 0. The predicted octanol–water partition coefficient (Wildman–Crippen LogP) is 8.58. The molecule has 0 N–H and O–H groups in total. The van der Waals surface area contributed by atoms with Crippen molar-refractivity contribution >= 4 is 49.3 Å². The second kappa shape index (κ2) is 8.03. The number of benzene rings is 5. The van der Waals surface area contributed by atoms with E-state index in [4.69, 9.17) is 6.57 Å². The summed E-state index contributed by atoms with van der Waals surface area (Å²) in [7, 11) is 0. The monoisotopic (exact) mass is 494 g/mol. The summed E-state index contributed by atoms with van der Waals surface area (Å²) in [4.78, 5) is 3.41. The highest BCUT2D eigenvalue weighted by molar-refractivity contribution is 6.11. The molecule has 2 aromatic heterocycles. The zero-order valence-corrected chi connectivity index (χ0v) is 19.8. The molecule has 2 heterocycles. The van der Waals surface area contributed by atoms with Crippen LogP contribution in [-0.2, 0) is 0 Å². The highest BCUT2D eigenvalue weighted by Crippen LogP contribution is 2.43. The first-order valence-electron chi connectivity index (χ1n) is 11.9. The zero-order chi connectivity index (χ0) is 26.0. The average Bonchev–Trinajstić information content (AvgIpc) is 3.47. The standard InChI is InChI=1S/C32H16F2N4/c1-36-30-28(33)23(18-35)31(37-24-14-6-2-10-19(24)20-11-3-7-15-25(20)37)29(34)32(30)38-26-16-8-4-12-21(26)22-13-5-9-17-27(22)38/h2-17H. The summed E-state index contributed by atoms with van der Waals surface area (Å²) in [6.45, 7) is 7.81. The smallest absolute Gasteiger partial charge is 0.249 e. The van der Waals surface area contributed by atoms with Crippen LogP contribution in [-0.4, -0.2) is 9.13 Å². The van der Waals surface area contributed by atoms with Gasteiger partial charge in [0.05, 0.1) is 34.3 Å². The predicted molar refractivity (Wildman–Crippen MR) is 146 cm³/mol. The van der Waals surface area contributed by atoms with E-state index in [1.165, 1.54) is 0 Å². The maximum Gasteiger partial charge on any atom is 0.249 e. The third-order valence-electron chi connectivity index (χ3n) is 7.14. The minimum Gasteiger partial charge on any atom is -0.316 e. The Kier molecular flexibility index (Phi) is 4.60. The van der Waals surface area contributed by atoms with E-state index in [0.29, 0.717) is 22.1 Å². The molecule has 0 aliphatic rings. The van der Waals surface area contributed by atoms with E-state index in [1.807, 2.05) is 103 Å². The van der Waals surface area contributed by atoms with Gasteiger partial charge in [0.1, 0.15) is 17.3 Å². The van der Waals surface area contributed by atoms with E-state index in [9.17, 15) is 5.26 Å². The molecule has 0 unspecified atom stereocenters. The molecule has 0 amide bonds. The minimum atomic E-state index is -1.04. The number of para-hydroxylation sites is 4. The summed E-state index contributed by atoms with van der Waals surface area (Å²) in [6, 6.07) is 31.6. The number of nitriles is 1. The van der Waals surface area contributed by atoms with Gasteiger partial charge >= 0.3 is 0 Å². The molecule has 0 saturated carbocycles. The van der Waals surface area contributed by atoms with Crippen LogP contribution < -0.4 is 0 Å². The molecular formula is C32H16F2N4. The molecule has 178 valence electrons. The Morgan fingerprint density at radius 1 is 0.579 bits per heavy atom. The average molecular weight is 495 g/mol. The second-order valence-electron chi connectivity index (χ2n) is 9.01. The molecule has 4 nitrogen and oxygen atoms in total.